The Kier molecular flexibility index (Phi) is 8.39. The minimum atomic E-state index is -1.45. The Morgan fingerprint density at radius 1 is 1.36 bits per heavy atom. The highest BCUT2D eigenvalue weighted by molar-refractivity contribution is 8.00. The number of rotatable bonds is 11. The number of aliphatic carboxylic acids is 1. The smallest absolute Gasteiger partial charge is 0.234 e. The van der Waals surface area contributed by atoms with Crippen molar-refractivity contribution in [3.63, 3.8) is 0 Å². The summed E-state index contributed by atoms with van der Waals surface area (Å²) in [4.78, 5) is 50.0. The number of thiophene rings is 1. The molecule has 0 radical (unpaired) electrons. The molecule has 17 heteroatoms. The van der Waals surface area contributed by atoms with Crippen molar-refractivity contribution in [1.29, 1.82) is 5.41 Å². The number of nitrogens with one attached hydrogen (secondary N) is 1. The molecule has 2 atom stereocenters. The number of hydrogen-bond acceptors (Lipinski definition) is 12. The highest BCUT2D eigenvalue weighted by atomic mass is 35.5. The number of carboxylic acids is 1. The number of nitrogens with zero attached hydrogens (tertiary/aromatic N) is 5. The lowest BCUT2D eigenvalue weighted by atomic mass is 9.89. The third kappa shape index (κ3) is 5.81. The predicted molar refractivity (Wildman–Crippen MR) is 170 cm³/mol. The van der Waals surface area contributed by atoms with Crippen LogP contribution in [0.15, 0.2) is 58.6 Å². The monoisotopic (exact) mass is 684 g/mol. The average molecular weight is 685 g/mol. The van der Waals surface area contributed by atoms with E-state index in [0.717, 1.165) is 27.1 Å². The Morgan fingerprint density at radius 2 is 2.16 bits per heavy atom. The van der Waals surface area contributed by atoms with Crippen LogP contribution < -0.4 is 21.1 Å². The number of β-lactam (4-membered cyclic amide) rings is 1. The van der Waals surface area contributed by atoms with Crippen molar-refractivity contribution >= 4 is 91.3 Å². The first-order chi connectivity index (χ1) is 21.5. The van der Waals surface area contributed by atoms with E-state index in [9.17, 15) is 19.5 Å². The van der Waals surface area contributed by atoms with Crippen LogP contribution in [0.5, 0.6) is 0 Å². The standard InChI is InChI=1S/C28H25ClN8O5S3/c1-42-34-20(21-23(29)45-28(32)33-21)19(38)7-17-25(39)37-22(27(40)41)15(12-44-26(17)37)8-35-4-2-13-3-5-36(18(13)10-35)9-16-6-14(11-43-16)24(30)31/h2-6,10-11,17,26H,7-9,12H2,1H3,(H5-,30,31,32,33,40,41)/b34-20+/t17-,26-/m1/s1. The Labute approximate surface area is 273 Å². The van der Waals surface area contributed by atoms with Crippen molar-refractivity contribution in [2.45, 2.75) is 24.9 Å². The van der Waals surface area contributed by atoms with Crippen LogP contribution in [-0.2, 0) is 32.3 Å². The number of amidine groups is 1. The third-order valence-electron chi connectivity index (χ3n) is 7.47. The number of nitrogen functional groups attached to an aromatic ring is 2. The van der Waals surface area contributed by atoms with Crippen LogP contribution in [0.1, 0.15) is 22.6 Å². The number of nitrogens with two attached hydrogens (primary N) is 2. The second kappa shape index (κ2) is 12.3. The van der Waals surface area contributed by atoms with Crippen LogP contribution in [0.25, 0.3) is 10.9 Å². The molecule has 6 heterocycles. The summed E-state index contributed by atoms with van der Waals surface area (Å²) in [6.07, 6.45) is 5.52. The van der Waals surface area contributed by atoms with Gasteiger partial charge in [-0.05, 0) is 12.1 Å². The summed E-state index contributed by atoms with van der Waals surface area (Å²) < 4.78 is 4.10. The molecule has 2 aliphatic heterocycles. The minimum Gasteiger partial charge on any atom is -0.543 e. The molecule has 6 rings (SSSR count). The zero-order valence-electron chi connectivity index (χ0n) is 23.6. The van der Waals surface area contributed by atoms with Gasteiger partial charge in [-0.15, -0.1) is 23.1 Å². The molecule has 13 nitrogen and oxygen atoms in total. The van der Waals surface area contributed by atoms with Crippen molar-refractivity contribution in [1.82, 2.24) is 14.5 Å². The quantitative estimate of drug-likeness (QED) is 0.0690. The number of carbonyl (C=O) groups excluding carboxylic acids is 3. The van der Waals surface area contributed by atoms with Gasteiger partial charge in [0.25, 0.3) is 0 Å². The second-order valence-corrected chi connectivity index (χ2v) is 14.0. The number of anilines is 1. The molecule has 45 heavy (non-hydrogen) atoms. The maximum atomic E-state index is 13.3. The van der Waals surface area contributed by atoms with Crippen LogP contribution in [0, 0.1) is 11.3 Å². The van der Waals surface area contributed by atoms with Crippen LogP contribution in [0.3, 0.4) is 0 Å². The molecule has 4 aromatic heterocycles. The molecule has 2 aliphatic rings. The molecule has 0 unspecified atom stereocenters. The zero-order valence-corrected chi connectivity index (χ0v) is 26.8. The van der Waals surface area contributed by atoms with Gasteiger partial charge < -0.3 is 30.8 Å². The largest absolute Gasteiger partial charge is 0.543 e. The molecule has 4 aromatic rings. The van der Waals surface area contributed by atoms with E-state index in [2.05, 4.69) is 14.7 Å². The number of ketones is 1. The molecule has 232 valence electrons. The number of aromatic nitrogens is 3. The average Bonchev–Trinajstić information content (AvgIpc) is 3.73. The Balaban J connectivity index is 1.21. The van der Waals surface area contributed by atoms with Gasteiger partial charge in [0.05, 0.1) is 29.5 Å². The van der Waals surface area contributed by atoms with Gasteiger partial charge >= 0.3 is 0 Å². The third-order valence-corrected chi connectivity index (χ3v) is 10.9. The number of carbonyl (C=O) groups is 3. The van der Waals surface area contributed by atoms with Gasteiger partial charge in [-0.2, -0.15) is 4.57 Å². The molecule has 0 spiro atoms. The lowest BCUT2D eigenvalue weighted by molar-refractivity contribution is -0.687. The number of oxime groups is 1. The number of hydrogen-bond donors (Lipinski definition) is 3. The lowest BCUT2D eigenvalue weighted by Crippen LogP contribution is -2.63. The molecule has 0 aliphatic carbocycles. The number of halogens is 1. The Morgan fingerprint density at radius 3 is 2.82 bits per heavy atom. The summed E-state index contributed by atoms with van der Waals surface area (Å²) in [7, 11) is 1.27. The lowest BCUT2D eigenvalue weighted by Gasteiger charge is -2.50. The van der Waals surface area contributed by atoms with Crippen molar-refractivity contribution < 1.29 is 28.9 Å². The molecular formula is C28H25ClN8O5S3. The Hall–Kier alpha value is -4.25. The van der Waals surface area contributed by atoms with E-state index in [1.807, 2.05) is 46.7 Å². The molecule has 1 fully saturated rings. The topological polar surface area (TPSA) is 197 Å². The van der Waals surface area contributed by atoms with Crippen molar-refractivity contribution in [2.75, 3.05) is 18.6 Å². The summed E-state index contributed by atoms with van der Waals surface area (Å²) in [6.45, 7) is 0.802. The van der Waals surface area contributed by atoms with E-state index >= 15 is 0 Å². The molecule has 0 saturated carbocycles. The normalized spacial score (nSPS) is 18.2. The Bertz CT molecular complexity index is 1950. The van der Waals surface area contributed by atoms with E-state index in [4.69, 9.17) is 33.3 Å². The summed E-state index contributed by atoms with van der Waals surface area (Å²) in [6, 6.07) is 5.83. The van der Waals surface area contributed by atoms with Gasteiger partial charge in [-0.25, -0.2) is 4.98 Å². The van der Waals surface area contributed by atoms with E-state index in [1.165, 1.54) is 35.1 Å². The van der Waals surface area contributed by atoms with Crippen molar-refractivity contribution in [3.8, 4) is 0 Å². The number of Topliss-reactive ketones (excluding diaryl/α,β-unsaturated/α-hetero) is 1. The summed E-state index contributed by atoms with van der Waals surface area (Å²) >= 11 is 10.1. The predicted octanol–water partition coefficient (Wildman–Crippen LogP) is 1.56. The number of carboxylic acid groups (broad SMARTS) is 1. The van der Waals surface area contributed by atoms with Crippen molar-refractivity contribution in [3.05, 3.63) is 73.9 Å². The molecule has 1 amide bonds. The fraction of sp³-hybridized carbons (Fsp3) is 0.250. The van der Waals surface area contributed by atoms with Gasteiger partial charge in [0, 0.05) is 51.2 Å². The number of pyridine rings is 1. The van der Waals surface area contributed by atoms with Gasteiger partial charge in [-0.3, -0.25) is 19.9 Å². The first kappa shape index (κ1) is 30.8. The molecule has 0 aromatic carbocycles. The highest BCUT2D eigenvalue weighted by Crippen LogP contribution is 2.45. The van der Waals surface area contributed by atoms with Crippen molar-refractivity contribution in [2.24, 2.45) is 16.8 Å². The van der Waals surface area contributed by atoms with Gasteiger partial charge in [-0.1, -0.05) is 28.1 Å². The fourth-order valence-electron chi connectivity index (χ4n) is 5.40. The molecular weight excluding hydrogens is 660 g/mol. The van der Waals surface area contributed by atoms with Crippen LogP contribution in [0.4, 0.5) is 5.13 Å². The minimum absolute atomic E-state index is 0.0201. The number of amides is 1. The summed E-state index contributed by atoms with van der Waals surface area (Å²) in [5.41, 5.74) is 13.2. The maximum absolute atomic E-state index is 13.3. The SMILES string of the molecule is CO/N=C(\C(=O)C[C@@H]1C(=O)N2C(C(=O)[O-])=C(C[n+]3ccc4ccn(Cc5cc(C(=N)N)cs5)c4c3)CS[C@H]12)c1nc(N)sc1Cl. The summed E-state index contributed by atoms with van der Waals surface area (Å²) in [5.74, 6) is -2.91. The number of thiazole rings is 1. The second-order valence-electron chi connectivity index (χ2n) is 10.3. The van der Waals surface area contributed by atoms with E-state index in [1.54, 1.807) is 0 Å². The van der Waals surface area contributed by atoms with Crippen LogP contribution in [-0.4, -0.2) is 61.9 Å². The van der Waals surface area contributed by atoms with Crippen LogP contribution >= 0.6 is 46.0 Å². The zero-order chi connectivity index (χ0) is 32.0. The molecule has 5 N–H and O–H groups in total. The van der Waals surface area contributed by atoms with E-state index < -0.39 is 29.0 Å². The van der Waals surface area contributed by atoms with Crippen LogP contribution in [0.2, 0.25) is 4.34 Å². The van der Waals surface area contributed by atoms with Gasteiger partial charge in [0.1, 0.15) is 28.5 Å². The van der Waals surface area contributed by atoms with E-state index in [-0.39, 0.29) is 45.4 Å². The van der Waals surface area contributed by atoms with Gasteiger partial charge in [0.15, 0.2) is 35.6 Å². The number of fused-ring (bicyclic) bond motifs is 2. The first-order valence-corrected chi connectivity index (χ1v) is 16.5. The first-order valence-electron chi connectivity index (χ1n) is 13.4. The maximum Gasteiger partial charge on any atom is 0.234 e. The van der Waals surface area contributed by atoms with E-state index in [0.29, 0.717) is 23.4 Å². The summed E-state index contributed by atoms with van der Waals surface area (Å²) in [5, 5.41) is 26.2. The highest BCUT2D eigenvalue weighted by Gasteiger charge is 2.53. The fourth-order valence-corrected chi connectivity index (χ4v) is 8.62. The molecule has 0 bridgehead atoms. The molecule has 1 saturated heterocycles. The number of thioether (sulfide) groups is 1. The van der Waals surface area contributed by atoms with Gasteiger partial charge in [0.2, 0.25) is 5.91 Å².